The lowest BCUT2D eigenvalue weighted by Crippen LogP contribution is -1.98. The summed E-state index contributed by atoms with van der Waals surface area (Å²) in [6.07, 6.45) is 0. The Morgan fingerprint density at radius 1 is 0.327 bits per heavy atom. The summed E-state index contributed by atoms with van der Waals surface area (Å²) >= 11 is 1.86. The molecular formula is C46H30N2S. The highest BCUT2D eigenvalue weighted by Gasteiger charge is 2.17. The van der Waals surface area contributed by atoms with Crippen LogP contribution in [0.4, 0.5) is 0 Å². The lowest BCUT2D eigenvalue weighted by atomic mass is 9.93. The van der Waals surface area contributed by atoms with Gasteiger partial charge in [0.2, 0.25) is 0 Å². The maximum Gasteiger partial charge on any atom is 0.161 e. The standard InChI is InChI=1S/C46H30N2S/c1-4-15-31(16-5-1)34-27-35(38-24-14-25-40-39-22-12-13-26-44(39)49-45(38)40)29-36(28-34)43-30-42(33-19-8-3-9-20-33)47-46(48-43)41-23-11-10-21-37(41)32-17-6-2-7-18-32/h1-30H. The number of benzene rings is 7. The number of hydrogen-bond donors (Lipinski definition) is 0. The molecule has 2 nitrogen and oxygen atoms in total. The number of hydrogen-bond acceptors (Lipinski definition) is 3. The predicted molar refractivity (Wildman–Crippen MR) is 208 cm³/mol. The Bertz CT molecular complexity index is 2590. The van der Waals surface area contributed by atoms with Crippen molar-refractivity contribution in [3.63, 3.8) is 0 Å². The van der Waals surface area contributed by atoms with E-state index in [1.54, 1.807) is 0 Å². The van der Waals surface area contributed by atoms with E-state index in [2.05, 4.69) is 170 Å². The molecule has 3 heteroatoms. The van der Waals surface area contributed by atoms with Gasteiger partial charge in [0.1, 0.15) is 0 Å². The van der Waals surface area contributed by atoms with Crippen LogP contribution in [0.15, 0.2) is 182 Å². The van der Waals surface area contributed by atoms with Crippen LogP contribution >= 0.6 is 11.3 Å². The van der Waals surface area contributed by atoms with Gasteiger partial charge in [0.15, 0.2) is 5.82 Å². The zero-order valence-corrected chi connectivity index (χ0v) is 27.4. The average molecular weight is 643 g/mol. The monoisotopic (exact) mass is 642 g/mol. The van der Waals surface area contributed by atoms with Crippen molar-refractivity contribution in [3.8, 4) is 67.3 Å². The van der Waals surface area contributed by atoms with Crippen LogP contribution in [0.3, 0.4) is 0 Å². The number of rotatable bonds is 6. The lowest BCUT2D eigenvalue weighted by Gasteiger charge is -2.15. The molecule has 0 amide bonds. The van der Waals surface area contributed by atoms with Crippen molar-refractivity contribution >= 4 is 31.5 Å². The molecule has 0 atom stereocenters. The van der Waals surface area contributed by atoms with Crippen LogP contribution in [0.1, 0.15) is 0 Å². The maximum absolute atomic E-state index is 5.34. The third-order valence-corrected chi connectivity index (χ3v) is 10.3. The highest BCUT2D eigenvalue weighted by atomic mass is 32.1. The molecule has 0 unspecified atom stereocenters. The Morgan fingerprint density at radius 2 is 0.857 bits per heavy atom. The van der Waals surface area contributed by atoms with Crippen molar-refractivity contribution < 1.29 is 0 Å². The molecule has 230 valence electrons. The Balaban J connectivity index is 1.30. The molecule has 0 saturated heterocycles. The van der Waals surface area contributed by atoms with E-state index >= 15 is 0 Å². The first-order chi connectivity index (χ1) is 24.3. The smallest absolute Gasteiger partial charge is 0.161 e. The van der Waals surface area contributed by atoms with Crippen LogP contribution in [0.2, 0.25) is 0 Å². The van der Waals surface area contributed by atoms with Gasteiger partial charge in [-0.3, -0.25) is 0 Å². The lowest BCUT2D eigenvalue weighted by molar-refractivity contribution is 1.18. The maximum atomic E-state index is 5.34. The van der Waals surface area contributed by atoms with Crippen LogP contribution in [-0.2, 0) is 0 Å². The van der Waals surface area contributed by atoms with Crippen LogP contribution < -0.4 is 0 Å². The van der Waals surface area contributed by atoms with Crippen molar-refractivity contribution in [3.05, 3.63) is 182 Å². The minimum absolute atomic E-state index is 0.703. The zero-order chi connectivity index (χ0) is 32.6. The SMILES string of the molecule is c1ccc(-c2cc(-c3cc(-c4ccccc4)nc(-c4ccccc4-c4ccccc4)n3)cc(-c3cccc4c3sc3ccccc34)c2)cc1. The molecule has 0 aliphatic heterocycles. The molecule has 0 saturated carbocycles. The number of aromatic nitrogens is 2. The van der Waals surface area contributed by atoms with Gasteiger partial charge in [-0.2, -0.15) is 0 Å². The molecule has 2 heterocycles. The summed E-state index contributed by atoms with van der Waals surface area (Å²) in [5.74, 6) is 0.703. The molecule has 0 N–H and O–H groups in total. The normalized spacial score (nSPS) is 11.3. The van der Waals surface area contributed by atoms with E-state index in [4.69, 9.17) is 9.97 Å². The van der Waals surface area contributed by atoms with Gasteiger partial charge in [0.25, 0.3) is 0 Å². The second-order valence-electron chi connectivity index (χ2n) is 12.2. The van der Waals surface area contributed by atoms with E-state index < -0.39 is 0 Å². The summed E-state index contributed by atoms with van der Waals surface area (Å²) in [5.41, 5.74) is 11.8. The van der Waals surface area contributed by atoms with Crippen molar-refractivity contribution in [2.24, 2.45) is 0 Å². The number of nitrogens with zero attached hydrogens (tertiary/aromatic N) is 2. The summed E-state index contributed by atoms with van der Waals surface area (Å²) < 4.78 is 2.60. The molecule has 2 aromatic heterocycles. The Labute approximate surface area is 289 Å². The fourth-order valence-electron chi connectivity index (χ4n) is 6.72. The third-order valence-electron chi connectivity index (χ3n) is 9.10. The first-order valence-corrected chi connectivity index (χ1v) is 17.3. The minimum Gasteiger partial charge on any atom is -0.228 e. The molecule has 9 aromatic rings. The van der Waals surface area contributed by atoms with E-state index in [-0.39, 0.29) is 0 Å². The second-order valence-corrected chi connectivity index (χ2v) is 13.2. The van der Waals surface area contributed by atoms with Gasteiger partial charge < -0.3 is 0 Å². The minimum atomic E-state index is 0.703. The summed E-state index contributed by atoms with van der Waals surface area (Å²) in [5, 5.41) is 2.59. The first kappa shape index (κ1) is 29.0. The van der Waals surface area contributed by atoms with E-state index in [0.29, 0.717) is 5.82 Å². The van der Waals surface area contributed by atoms with Crippen molar-refractivity contribution in [1.82, 2.24) is 9.97 Å². The van der Waals surface area contributed by atoms with Crippen LogP contribution in [0, 0.1) is 0 Å². The molecule has 0 bridgehead atoms. The van der Waals surface area contributed by atoms with Gasteiger partial charge in [-0.15, -0.1) is 11.3 Å². The van der Waals surface area contributed by atoms with Crippen molar-refractivity contribution in [1.29, 1.82) is 0 Å². The fraction of sp³-hybridized carbons (Fsp3) is 0. The van der Waals surface area contributed by atoms with Crippen molar-refractivity contribution in [2.75, 3.05) is 0 Å². The average Bonchev–Trinajstić information content (AvgIpc) is 3.58. The van der Waals surface area contributed by atoms with Gasteiger partial charge in [-0.25, -0.2) is 9.97 Å². The Morgan fingerprint density at radius 3 is 1.61 bits per heavy atom. The van der Waals surface area contributed by atoms with Crippen LogP contribution in [0.25, 0.3) is 87.5 Å². The Hall–Kier alpha value is -6.16. The summed E-state index contributed by atoms with van der Waals surface area (Å²) in [6.45, 7) is 0. The van der Waals surface area contributed by atoms with Gasteiger partial charge in [0, 0.05) is 36.9 Å². The van der Waals surface area contributed by atoms with Gasteiger partial charge in [-0.1, -0.05) is 152 Å². The molecular weight excluding hydrogens is 613 g/mol. The van der Waals surface area contributed by atoms with Gasteiger partial charge in [0.05, 0.1) is 11.4 Å². The highest BCUT2D eigenvalue weighted by molar-refractivity contribution is 7.26. The molecule has 0 fully saturated rings. The van der Waals surface area contributed by atoms with E-state index in [1.807, 2.05) is 23.5 Å². The molecule has 0 spiro atoms. The van der Waals surface area contributed by atoms with Crippen molar-refractivity contribution in [2.45, 2.75) is 0 Å². The predicted octanol–water partition coefficient (Wildman–Crippen LogP) is 12.8. The molecule has 49 heavy (non-hydrogen) atoms. The molecule has 0 radical (unpaired) electrons. The summed E-state index contributed by atoms with van der Waals surface area (Å²) in [6, 6.07) is 64.4. The molecule has 7 aromatic carbocycles. The topological polar surface area (TPSA) is 25.8 Å². The van der Waals surface area contributed by atoms with Crippen LogP contribution in [-0.4, -0.2) is 9.97 Å². The number of fused-ring (bicyclic) bond motifs is 3. The molecule has 0 aliphatic rings. The highest BCUT2D eigenvalue weighted by Crippen LogP contribution is 2.42. The zero-order valence-electron chi connectivity index (χ0n) is 26.6. The molecule has 9 rings (SSSR count). The quantitative estimate of drug-likeness (QED) is 0.180. The largest absolute Gasteiger partial charge is 0.228 e. The van der Waals surface area contributed by atoms with E-state index in [0.717, 1.165) is 44.8 Å². The van der Waals surface area contributed by atoms with Crippen LogP contribution in [0.5, 0.6) is 0 Å². The second kappa shape index (κ2) is 12.5. The molecule has 0 aliphatic carbocycles. The van der Waals surface area contributed by atoms with E-state index in [9.17, 15) is 0 Å². The Kier molecular flexibility index (Phi) is 7.38. The summed E-state index contributed by atoms with van der Waals surface area (Å²) in [4.78, 5) is 10.5. The van der Waals surface area contributed by atoms with Gasteiger partial charge >= 0.3 is 0 Å². The number of thiophene rings is 1. The fourth-order valence-corrected chi connectivity index (χ4v) is 7.96. The van der Waals surface area contributed by atoms with E-state index in [1.165, 1.54) is 36.9 Å². The first-order valence-electron chi connectivity index (χ1n) is 16.5. The van der Waals surface area contributed by atoms with Gasteiger partial charge in [-0.05, 0) is 63.7 Å². The third kappa shape index (κ3) is 5.50. The summed E-state index contributed by atoms with van der Waals surface area (Å²) in [7, 11) is 0.